The van der Waals surface area contributed by atoms with E-state index in [2.05, 4.69) is 39.8 Å². The first-order valence-electron chi connectivity index (χ1n) is 8.67. The van der Waals surface area contributed by atoms with Gasteiger partial charge in [0.2, 0.25) is 0 Å². The van der Waals surface area contributed by atoms with Crippen LogP contribution in [0.4, 0.5) is 0 Å². The van der Waals surface area contributed by atoms with Crippen LogP contribution in [0.25, 0.3) is 20.9 Å². The van der Waals surface area contributed by atoms with E-state index in [9.17, 15) is 9.59 Å². The Hall–Kier alpha value is -2.04. The Morgan fingerprint density at radius 3 is 1.38 bits per heavy atom. The number of carbonyl (C=O) groups is 2. The molecule has 130 valence electrons. The van der Waals surface area contributed by atoms with Crippen molar-refractivity contribution in [2.24, 2.45) is 0 Å². The molecule has 0 unspecified atom stereocenters. The zero-order valence-electron chi connectivity index (χ0n) is 15.1. The lowest BCUT2D eigenvalue weighted by atomic mass is 9.79. The van der Waals surface area contributed by atoms with Gasteiger partial charge in [-0.2, -0.15) is 0 Å². The van der Waals surface area contributed by atoms with Crippen LogP contribution in [-0.2, 0) is 10.8 Å². The maximum absolute atomic E-state index is 11.3. The van der Waals surface area contributed by atoms with Crippen LogP contribution in [0.3, 0.4) is 0 Å². The molecule has 2 aliphatic rings. The predicted molar refractivity (Wildman–Crippen MR) is 108 cm³/mol. The first-order valence-corrected chi connectivity index (χ1v) is 10.3. The monoisotopic (exact) mass is 378 g/mol. The molecule has 2 nitrogen and oxygen atoms in total. The molecule has 0 N–H and O–H groups in total. The molecule has 0 aliphatic heterocycles. The Bertz CT molecular complexity index is 1040. The van der Waals surface area contributed by atoms with E-state index >= 15 is 0 Å². The fourth-order valence-electron chi connectivity index (χ4n) is 4.56. The van der Waals surface area contributed by atoms with Gasteiger partial charge < -0.3 is 0 Å². The summed E-state index contributed by atoms with van der Waals surface area (Å²) in [6, 6.07) is 8.75. The van der Waals surface area contributed by atoms with Gasteiger partial charge in [-0.15, -0.1) is 22.7 Å². The predicted octanol–water partition coefficient (Wildman–Crippen LogP) is 6.05. The first kappa shape index (κ1) is 16.2. The van der Waals surface area contributed by atoms with E-state index in [-0.39, 0.29) is 10.8 Å². The van der Waals surface area contributed by atoms with Gasteiger partial charge in [-0.3, -0.25) is 9.59 Å². The van der Waals surface area contributed by atoms with Crippen LogP contribution in [0.15, 0.2) is 24.3 Å². The van der Waals surface area contributed by atoms with E-state index in [1.54, 1.807) is 22.7 Å². The summed E-state index contributed by atoms with van der Waals surface area (Å²) < 4.78 is 0. The summed E-state index contributed by atoms with van der Waals surface area (Å²) in [4.78, 5) is 26.6. The molecule has 2 aromatic heterocycles. The van der Waals surface area contributed by atoms with Crippen molar-refractivity contribution in [2.75, 3.05) is 0 Å². The zero-order valence-corrected chi connectivity index (χ0v) is 16.7. The Morgan fingerprint density at radius 1 is 0.654 bits per heavy atom. The zero-order chi connectivity index (χ0) is 18.4. The van der Waals surface area contributed by atoms with Gasteiger partial charge in [0.25, 0.3) is 0 Å². The molecule has 0 saturated carbocycles. The minimum atomic E-state index is -0.116. The molecule has 0 spiro atoms. The third-order valence-corrected chi connectivity index (χ3v) is 8.26. The summed E-state index contributed by atoms with van der Waals surface area (Å²) in [6.45, 7) is 8.94. The number of rotatable bonds is 2. The smallest absolute Gasteiger partial charge is 0.160 e. The highest BCUT2D eigenvalue weighted by atomic mass is 32.1. The van der Waals surface area contributed by atoms with Crippen LogP contribution in [0.2, 0.25) is 0 Å². The normalized spacial score (nSPS) is 17.4. The van der Waals surface area contributed by atoms with Gasteiger partial charge in [0, 0.05) is 20.6 Å². The molecule has 5 rings (SSSR count). The van der Waals surface area contributed by atoms with Crippen LogP contribution in [-0.4, -0.2) is 12.6 Å². The quantitative estimate of drug-likeness (QED) is 0.509. The molecule has 0 radical (unpaired) electrons. The third kappa shape index (κ3) is 1.76. The number of aldehydes is 2. The minimum Gasteiger partial charge on any atom is -0.297 e. The van der Waals surface area contributed by atoms with E-state index in [0.717, 1.165) is 22.3 Å². The second kappa shape index (κ2) is 4.81. The fourth-order valence-corrected chi connectivity index (χ4v) is 6.89. The molecular formula is C22H18O2S2. The van der Waals surface area contributed by atoms with Crippen LogP contribution in [0.5, 0.6) is 0 Å². The Morgan fingerprint density at radius 2 is 1.04 bits per heavy atom. The summed E-state index contributed by atoms with van der Waals surface area (Å²) in [6.07, 6.45) is 1.91. The van der Waals surface area contributed by atoms with E-state index < -0.39 is 0 Å². The Balaban J connectivity index is 1.82. The molecule has 0 amide bonds. The summed E-state index contributed by atoms with van der Waals surface area (Å²) in [5.74, 6) is 0. The van der Waals surface area contributed by atoms with Crippen LogP contribution in [0, 0.1) is 0 Å². The molecule has 3 aromatic rings. The van der Waals surface area contributed by atoms with Crippen LogP contribution < -0.4 is 0 Å². The summed E-state index contributed by atoms with van der Waals surface area (Å²) >= 11 is 3.19. The van der Waals surface area contributed by atoms with Crippen molar-refractivity contribution >= 4 is 35.2 Å². The lowest BCUT2D eigenvalue weighted by molar-refractivity contribution is 0.111. The van der Waals surface area contributed by atoms with Crippen LogP contribution >= 0.6 is 22.7 Å². The topological polar surface area (TPSA) is 34.1 Å². The standard InChI is InChI=1S/C22H18O2S2/c1-21(2)15-7-14-16(8-13(15)19-17(21)5-11(9-23)25-19)22(3,4)18-6-12(10-24)26-20(14)18/h5-10H,1-4H3. The number of hydrogen-bond donors (Lipinski definition) is 0. The number of fused-ring (bicyclic) bond motifs is 6. The SMILES string of the molecule is CC1(C)c2cc3c(cc2-c2sc(C=O)cc21)C(C)(C)c1cc(C=O)sc1-3. The van der Waals surface area contributed by atoms with Crippen LogP contribution in [0.1, 0.15) is 69.3 Å². The van der Waals surface area contributed by atoms with E-state index in [1.807, 2.05) is 12.1 Å². The van der Waals surface area contributed by atoms with E-state index in [4.69, 9.17) is 0 Å². The van der Waals surface area contributed by atoms with Crippen molar-refractivity contribution in [2.45, 2.75) is 38.5 Å². The molecule has 0 fully saturated rings. The molecule has 0 atom stereocenters. The van der Waals surface area contributed by atoms with Crippen molar-refractivity contribution in [1.29, 1.82) is 0 Å². The van der Waals surface area contributed by atoms with Crippen molar-refractivity contribution < 1.29 is 9.59 Å². The Kier molecular flexibility index (Phi) is 2.99. The van der Waals surface area contributed by atoms with Crippen molar-refractivity contribution in [3.8, 4) is 20.9 Å². The van der Waals surface area contributed by atoms with Crippen molar-refractivity contribution in [3.63, 3.8) is 0 Å². The molecule has 2 heterocycles. The number of benzene rings is 1. The van der Waals surface area contributed by atoms with Gasteiger partial charge in [-0.1, -0.05) is 27.7 Å². The minimum absolute atomic E-state index is 0.116. The van der Waals surface area contributed by atoms with Gasteiger partial charge in [0.05, 0.1) is 9.75 Å². The van der Waals surface area contributed by atoms with Crippen molar-refractivity contribution in [1.82, 2.24) is 0 Å². The summed E-state index contributed by atoms with van der Waals surface area (Å²) in [5.41, 5.74) is 7.44. The lowest BCUT2D eigenvalue weighted by Crippen LogP contribution is -2.17. The van der Waals surface area contributed by atoms with Gasteiger partial charge in [0.15, 0.2) is 12.6 Å². The largest absolute Gasteiger partial charge is 0.297 e. The molecule has 1 aromatic carbocycles. The number of hydrogen-bond acceptors (Lipinski definition) is 4. The lowest BCUT2D eigenvalue weighted by Gasteiger charge is -2.24. The second-order valence-corrected chi connectivity index (χ2v) is 10.4. The highest BCUT2D eigenvalue weighted by molar-refractivity contribution is 7.17. The second-order valence-electron chi connectivity index (χ2n) is 8.21. The fraction of sp³-hybridized carbons (Fsp3) is 0.273. The van der Waals surface area contributed by atoms with Gasteiger partial charge in [0.1, 0.15) is 0 Å². The first-order chi connectivity index (χ1) is 12.3. The number of thiophene rings is 2. The average Bonchev–Trinajstić information content (AvgIpc) is 3.31. The molecule has 26 heavy (non-hydrogen) atoms. The maximum Gasteiger partial charge on any atom is 0.160 e. The van der Waals surface area contributed by atoms with Gasteiger partial charge in [-0.25, -0.2) is 0 Å². The summed E-state index contributed by atoms with van der Waals surface area (Å²) in [5, 5.41) is 0. The number of carbonyl (C=O) groups excluding carboxylic acids is 2. The highest BCUT2D eigenvalue weighted by Crippen LogP contribution is 2.58. The average molecular weight is 379 g/mol. The van der Waals surface area contributed by atoms with E-state index in [0.29, 0.717) is 0 Å². The summed E-state index contributed by atoms with van der Waals surface area (Å²) in [7, 11) is 0. The maximum atomic E-state index is 11.3. The van der Waals surface area contributed by atoms with Crippen molar-refractivity contribution in [3.05, 3.63) is 56.3 Å². The molecule has 0 saturated heterocycles. The molecular weight excluding hydrogens is 360 g/mol. The Labute approximate surface area is 160 Å². The highest BCUT2D eigenvalue weighted by Gasteiger charge is 2.43. The third-order valence-electron chi connectivity index (χ3n) is 6.07. The van der Waals surface area contributed by atoms with E-state index in [1.165, 1.54) is 43.1 Å². The molecule has 2 aliphatic carbocycles. The van der Waals surface area contributed by atoms with Gasteiger partial charge in [-0.05, 0) is 57.6 Å². The molecule has 0 bridgehead atoms. The molecule has 4 heteroatoms. The van der Waals surface area contributed by atoms with Gasteiger partial charge >= 0.3 is 0 Å².